The molecule has 3 rings (SSSR count). The van der Waals surface area contributed by atoms with Crippen LogP contribution in [0.4, 0.5) is 0 Å². The lowest BCUT2D eigenvalue weighted by atomic mass is 9.71. The zero-order chi connectivity index (χ0) is 8.73. The summed E-state index contributed by atoms with van der Waals surface area (Å²) in [7, 11) is 0. The van der Waals surface area contributed by atoms with E-state index in [1.54, 1.807) is 0 Å². The molecule has 3 fully saturated rings. The first-order chi connectivity index (χ1) is 6.41. The van der Waals surface area contributed by atoms with Crippen molar-refractivity contribution in [2.24, 2.45) is 11.3 Å². The van der Waals surface area contributed by atoms with Gasteiger partial charge in [-0.15, -0.1) is 0 Å². The van der Waals surface area contributed by atoms with E-state index in [1.807, 2.05) is 0 Å². The molecule has 13 heavy (non-hydrogen) atoms. The normalized spacial score (nSPS) is 42.5. The van der Waals surface area contributed by atoms with Crippen LogP contribution in [0.5, 0.6) is 0 Å². The Labute approximate surface area is 80.0 Å². The van der Waals surface area contributed by atoms with Crippen LogP contribution in [0, 0.1) is 11.3 Å². The van der Waals surface area contributed by atoms with Crippen LogP contribution in [0.15, 0.2) is 0 Å². The zero-order valence-corrected chi connectivity index (χ0v) is 8.22. The highest BCUT2D eigenvalue weighted by molar-refractivity contribution is 5.04. The summed E-state index contributed by atoms with van der Waals surface area (Å²) in [6, 6.07) is 0.859. The van der Waals surface area contributed by atoms with Crippen molar-refractivity contribution in [1.29, 1.82) is 0 Å². The number of hydrogen-bond acceptors (Lipinski definition) is 2. The van der Waals surface area contributed by atoms with Crippen LogP contribution in [0.1, 0.15) is 32.1 Å². The smallest absolute Gasteiger partial charge is 0.0471 e. The Kier molecular flexibility index (Phi) is 1.88. The molecule has 2 saturated heterocycles. The fourth-order valence-corrected chi connectivity index (χ4v) is 3.73. The third-order valence-electron chi connectivity index (χ3n) is 4.51. The molecule has 2 heteroatoms. The van der Waals surface area contributed by atoms with Gasteiger partial charge in [-0.05, 0) is 37.0 Å². The summed E-state index contributed by atoms with van der Waals surface area (Å²) in [5.41, 5.74) is 0.638. The van der Waals surface area contributed by atoms with Gasteiger partial charge >= 0.3 is 0 Å². The van der Waals surface area contributed by atoms with Gasteiger partial charge in [0.05, 0.1) is 0 Å². The van der Waals surface area contributed by atoms with Crippen LogP contribution < -0.4 is 5.32 Å². The van der Waals surface area contributed by atoms with Gasteiger partial charge in [0.25, 0.3) is 0 Å². The first-order valence-electron chi connectivity index (χ1n) is 5.72. The van der Waals surface area contributed by atoms with Gasteiger partial charge < -0.3 is 10.1 Å². The summed E-state index contributed by atoms with van der Waals surface area (Å²) in [5, 5.41) is 3.72. The van der Waals surface area contributed by atoms with E-state index in [4.69, 9.17) is 4.74 Å². The van der Waals surface area contributed by atoms with Crippen LogP contribution in [0.25, 0.3) is 0 Å². The van der Waals surface area contributed by atoms with Gasteiger partial charge in [-0.2, -0.15) is 0 Å². The Morgan fingerprint density at radius 3 is 2.85 bits per heavy atom. The van der Waals surface area contributed by atoms with E-state index in [-0.39, 0.29) is 0 Å². The van der Waals surface area contributed by atoms with Crippen LogP contribution in [0.3, 0.4) is 0 Å². The average Bonchev–Trinajstić information content (AvgIpc) is 2.73. The van der Waals surface area contributed by atoms with Crippen LogP contribution in [-0.2, 0) is 4.74 Å². The Balaban J connectivity index is 1.81. The van der Waals surface area contributed by atoms with E-state index in [1.165, 1.54) is 38.6 Å². The Hall–Kier alpha value is -0.0800. The minimum absolute atomic E-state index is 0.638. The molecule has 2 aliphatic heterocycles. The molecule has 0 bridgehead atoms. The second kappa shape index (κ2) is 2.96. The molecule has 0 aromatic carbocycles. The Morgan fingerprint density at radius 2 is 2.00 bits per heavy atom. The number of hydrogen-bond donors (Lipinski definition) is 1. The van der Waals surface area contributed by atoms with E-state index in [9.17, 15) is 0 Å². The minimum atomic E-state index is 0.638. The number of rotatable bonds is 0. The monoisotopic (exact) mass is 181 g/mol. The quantitative estimate of drug-likeness (QED) is 0.612. The molecule has 1 aliphatic carbocycles. The maximum Gasteiger partial charge on any atom is 0.0471 e. The molecule has 0 unspecified atom stereocenters. The number of ether oxygens (including phenoxy) is 1. The van der Waals surface area contributed by atoms with Gasteiger partial charge in [0.2, 0.25) is 0 Å². The first kappa shape index (κ1) is 8.25. The molecule has 74 valence electrons. The molecule has 2 nitrogen and oxygen atoms in total. The third kappa shape index (κ3) is 1.15. The average molecular weight is 181 g/mol. The molecule has 1 N–H and O–H groups in total. The van der Waals surface area contributed by atoms with Gasteiger partial charge in [0.1, 0.15) is 0 Å². The molecular weight excluding hydrogens is 162 g/mol. The summed E-state index contributed by atoms with van der Waals surface area (Å²) in [4.78, 5) is 0. The highest BCUT2D eigenvalue weighted by Crippen LogP contribution is 2.49. The second-order valence-corrected chi connectivity index (χ2v) is 5.00. The molecule has 1 spiro atoms. The lowest BCUT2D eigenvalue weighted by Gasteiger charge is -2.37. The van der Waals surface area contributed by atoms with Gasteiger partial charge in [-0.3, -0.25) is 0 Å². The van der Waals surface area contributed by atoms with Crippen molar-refractivity contribution >= 4 is 0 Å². The van der Waals surface area contributed by atoms with Crippen LogP contribution >= 0.6 is 0 Å². The number of fused-ring (bicyclic) bond motifs is 2. The third-order valence-corrected chi connectivity index (χ3v) is 4.51. The van der Waals surface area contributed by atoms with Crippen molar-refractivity contribution in [1.82, 2.24) is 5.32 Å². The lowest BCUT2D eigenvalue weighted by molar-refractivity contribution is 0.00122. The van der Waals surface area contributed by atoms with Gasteiger partial charge in [-0.1, -0.05) is 6.42 Å². The summed E-state index contributed by atoms with van der Waals surface area (Å²) in [6.07, 6.45) is 6.96. The number of nitrogens with one attached hydrogen (secondary N) is 1. The fourth-order valence-electron chi connectivity index (χ4n) is 3.73. The molecule has 2 heterocycles. The molecular formula is C11H19NO. The van der Waals surface area contributed by atoms with Crippen molar-refractivity contribution in [3.8, 4) is 0 Å². The standard InChI is InChI=1S/C11H19NO/c1-2-9-10(3-1)12-8-11(9)4-6-13-7-5-11/h9-10,12H,1-8H2/t9-,10-/m0/s1. The first-order valence-corrected chi connectivity index (χ1v) is 5.72. The molecule has 2 atom stereocenters. The van der Waals surface area contributed by atoms with E-state index in [0.717, 1.165) is 25.2 Å². The SMILES string of the molecule is C1C[C@@H]2NCC3(CCOCC3)[C@H]2C1. The lowest BCUT2D eigenvalue weighted by Crippen LogP contribution is -2.36. The molecule has 0 amide bonds. The summed E-state index contributed by atoms with van der Waals surface area (Å²) in [5.74, 6) is 0.983. The van der Waals surface area contributed by atoms with Crippen molar-refractivity contribution in [2.45, 2.75) is 38.1 Å². The maximum atomic E-state index is 5.48. The molecule has 3 aliphatic rings. The van der Waals surface area contributed by atoms with E-state index in [2.05, 4.69) is 5.32 Å². The van der Waals surface area contributed by atoms with E-state index >= 15 is 0 Å². The summed E-state index contributed by atoms with van der Waals surface area (Å²) >= 11 is 0. The zero-order valence-electron chi connectivity index (χ0n) is 8.22. The van der Waals surface area contributed by atoms with Gasteiger partial charge in [0, 0.05) is 25.8 Å². The predicted molar refractivity (Wildman–Crippen MR) is 51.6 cm³/mol. The van der Waals surface area contributed by atoms with Crippen molar-refractivity contribution in [3.05, 3.63) is 0 Å². The topological polar surface area (TPSA) is 21.3 Å². The van der Waals surface area contributed by atoms with Crippen LogP contribution in [-0.4, -0.2) is 25.8 Å². The highest BCUT2D eigenvalue weighted by Gasteiger charge is 2.50. The predicted octanol–water partition coefficient (Wildman–Crippen LogP) is 1.56. The Bertz CT molecular complexity index is 193. The van der Waals surface area contributed by atoms with E-state index < -0.39 is 0 Å². The molecule has 0 radical (unpaired) electrons. The van der Waals surface area contributed by atoms with Crippen molar-refractivity contribution in [2.75, 3.05) is 19.8 Å². The van der Waals surface area contributed by atoms with Crippen molar-refractivity contribution < 1.29 is 4.74 Å². The van der Waals surface area contributed by atoms with Gasteiger partial charge in [0.15, 0.2) is 0 Å². The molecule has 1 saturated carbocycles. The second-order valence-electron chi connectivity index (χ2n) is 5.00. The fraction of sp³-hybridized carbons (Fsp3) is 1.00. The van der Waals surface area contributed by atoms with Crippen molar-refractivity contribution in [3.63, 3.8) is 0 Å². The molecule has 0 aromatic heterocycles. The summed E-state index contributed by atoms with van der Waals surface area (Å²) < 4.78 is 5.48. The highest BCUT2D eigenvalue weighted by atomic mass is 16.5. The Morgan fingerprint density at radius 1 is 1.15 bits per heavy atom. The summed E-state index contributed by atoms with van der Waals surface area (Å²) in [6.45, 7) is 3.28. The maximum absolute atomic E-state index is 5.48. The minimum Gasteiger partial charge on any atom is -0.381 e. The largest absolute Gasteiger partial charge is 0.381 e. The van der Waals surface area contributed by atoms with Crippen LogP contribution in [0.2, 0.25) is 0 Å². The van der Waals surface area contributed by atoms with E-state index in [0.29, 0.717) is 5.41 Å². The van der Waals surface area contributed by atoms with Gasteiger partial charge in [-0.25, -0.2) is 0 Å². The molecule has 0 aromatic rings.